The highest BCUT2D eigenvalue weighted by Crippen LogP contribution is 2.11. The van der Waals surface area contributed by atoms with E-state index >= 15 is 0 Å². The standard InChI is InChI=1S/C17H17NO4/c1-21-15-9-3-12(4-10-15)11-18-16(19)13-5-7-14(8-6-13)17(20)22-2/h3-10H,11H2,1-2H3,(H,18,19). The number of rotatable bonds is 5. The van der Waals surface area contributed by atoms with Gasteiger partial charge < -0.3 is 14.8 Å². The van der Waals surface area contributed by atoms with Gasteiger partial charge in [-0.2, -0.15) is 0 Å². The maximum Gasteiger partial charge on any atom is 0.337 e. The van der Waals surface area contributed by atoms with Gasteiger partial charge in [0, 0.05) is 12.1 Å². The molecule has 0 radical (unpaired) electrons. The Balaban J connectivity index is 1.95. The van der Waals surface area contributed by atoms with Gasteiger partial charge >= 0.3 is 5.97 Å². The number of hydrogen-bond donors (Lipinski definition) is 1. The highest BCUT2D eigenvalue weighted by molar-refractivity contribution is 5.96. The SMILES string of the molecule is COC(=O)c1ccc(C(=O)NCc2ccc(OC)cc2)cc1. The van der Waals surface area contributed by atoms with Crippen molar-refractivity contribution in [3.05, 3.63) is 65.2 Å². The molecule has 5 heteroatoms. The van der Waals surface area contributed by atoms with Gasteiger partial charge in [0.05, 0.1) is 19.8 Å². The van der Waals surface area contributed by atoms with Gasteiger partial charge in [-0.15, -0.1) is 0 Å². The molecule has 1 amide bonds. The van der Waals surface area contributed by atoms with Crippen molar-refractivity contribution in [3.8, 4) is 5.75 Å². The van der Waals surface area contributed by atoms with E-state index in [9.17, 15) is 9.59 Å². The molecular formula is C17H17NO4. The van der Waals surface area contributed by atoms with Gasteiger partial charge in [0.2, 0.25) is 0 Å². The fraction of sp³-hybridized carbons (Fsp3) is 0.176. The summed E-state index contributed by atoms with van der Waals surface area (Å²) in [6, 6.07) is 13.8. The smallest absolute Gasteiger partial charge is 0.337 e. The van der Waals surface area contributed by atoms with Crippen LogP contribution in [-0.2, 0) is 11.3 Å². The third-order valence-electron chi connectivity index (χ3n) is 3.18. The van der Waals surface area contributed by atoms with E-state index in [4.69, 9.17) is 4.74 Å². The second kappa shape index (κ2) is 7.26. The normalized spacial score (nSPS) is 9.91. The van der Waals surface area contributed by atoms with Gasteiger partial charge in [-0.05, 0) is 42.0 Å². The summed E-state index contributed by atoms with van der Waals surface area (Å²) in [6.45, 7) is 0.418. The minimum Gasteiger partial charge on any atom is -0.497 e. The van der Waals surface area contributed by atoms with E-state index < -0.39 is 5.97 Å². The molecule has 0 saturated carbocycles. The Hall–Kier alpha value is -2.82. The van der Waals surface area contributed by atoms with Crippen molar-refractivity contribution in [1.29, 1.82) is 0 Å². The Kier molecular flexibility index (Phi) is 5.14. The Morgan fingerprint density at radius 1 is 0.909 bits per heavy atom. The van der Waals surface area contributed by atoms with Crippen molar-refractivity contribution >= 4 is 11.9 Å². The number of carbonyl (C=O) groups is 2. The average molecular weight is 299 g/mol. The van der Waals surface area contributed by atoms with Crippen LogP contribution in [0.3, 0.4) is 0 Å². The molecule has 2 aromatic carbocycles. The van der Waals surface area contributed by atoms with Crippen LogP contribution in [0.25, 0.3) is 0 Å². The summed E-state index contributed by atoms with van der Waals surface area (Å²) >= 11 is 0. The lowest BCUT2D eigenvalue weighted by Crippen LogP contribution is -2.22. The zero-order valence-corrected chi connectivity index (χ0v) is 12.5. The summed E-state index contributed by atoms with van der Waals surface area (Å²) in [4.78, 5) is 23.4. The summed E-state index contributed by atoms with van der Waals surface area (Å²) in [5.74, 6) is 0.144. The molecule has 0 bridgehead atoms. The summed E-state index contributed by atoms with van der Waals surface area (Å²) in [5, 5.41) is 2.82. The average Bonchev–Trinajstić information content (AvgIpc) is 2.59. The number of amides is 1. The first kappa shape index (κ1) is 15.6. The van der Waals surface area contributed by atoms with E-state index in [0.29, 0.717) is 17.7 Å². The first-order chi connectivity index (χ1) is 10.6. The lowest BCUT2D eigenvalue weighted by molar-refractivity contribution is 0.0600. The molecule has 0 aromatic heterocycles. The van der Waals surface area contributed by atoms with E-state index in [2.05, 4.69) is 10.1 Å². The summed E-state index contributed by atoms with van der Waals surface area (Å²) in [6.07, 6.45) is 0. The van der Waals surface area contributed by atoms with E-state index in [1.807, 2.05) is 24.3 Å². The van der Waals surface area contributed by atoms with Crippen LogP contribution in [0.5, 0.6) is 5.75 Å². The zero-order valence-electron chi connectivity index (χ0n) is 12.5. The molecule has 0 spiro atoms. The van der Waals surface area contributed by atoms with Gasteiger partial charge in [0.25, 0.3) is 5.91 Å². The predicted molar refractivity (Wildman–Crippen MR) is 81.9 cm³/mol. The van der Waals surface area contributed by atoms with E-state index in [0.717, 1.165) is 11.3 Å². The molecule has 0 aliphatic rings. The second-order valence-corrected chi connectivity index (χ2v) is 4.60. The maximum absolute atomic E-state index is 12.0. The van der Waals surface area contributed by atoms with Crippen LogP contribution in [-0.4, -0.2) is 26.1 Å². The molecule has 0 fully saturated rings. The molecule has 22 heavy (non-hydrogen) atoms. The fourth-order valence-electron chi connectivity index (χ4n) is 1.90. The molecule has 0 unspecified atom stereocenters. The molecule has 0 saturated heterocycles. The Bertz CT molecular complexity index is 647. The van der Waals surface area contributed by atoms with Gasteiger partial charge in [-0.25, -0.2) is 4.79 Å². The molecule has 1 N–H and O–H groups in total. The molecule has 0 aliphatic heterocycles. The third-order valence-corrected chi connectivity index (χ3v) is 3.18. The highest BCUT2D eigenvalue weighted by Gasteiger charge is 2.08. The lowest BCUT2D eigenvalue weighted by atomic mass is 10.1. The van der Waals surface area contributed by atoms with Crippen molar-refractivity contribution in [3.63, 3.8) is 0 Å². The summed E-state index contributed by atoms with van der Waals surface area (Å²) in [5.41, 5.74) is 1.87. The van der Waals surface area contributed by atoms with Crippen LogP contribution in [0.2, 0.25) is 0 Å². The van der Waals surface area contributed by atoms with Gasteiger partial charge in [0.1, 0.15) is 5.75 Å². The first-order valence-corrected chi connectivity index (χ1v) is 6.73. The predicted octanol–water partition coefficient (Wildman–Crippen LogP) is 2.41. The number of carbonyl (C=O) groups excluding carboxylic acids is 2. The third kappa shape index (κ3) is 3.85. The molecule has 0 aliphatic carbocycles. The van der Waals surface area contributed by atoms with Crippen molar-refractivity contribution in [2.45, 2.75) is 6.54 Å². The van der Waals surface area contributed by atoms with E-state index in [1.165, 1.54) is 7.11 Å². The van der Waals surface area contributed by atoms with Crippen LogP contribution in [0.4, 0.5) is 0 Å². The largest absolute Gasteiger partial charge is 0.497 e. The van der Waals surface area contributed by atoms with Gasteiger partial charge in [-0.3, -0.25) is 4.79 Å². The number of benzene rings is 2. The van der Waals surface area contributed by atoms with Crippen LogP contribution in [0.15, 0.2) is 48.5 Å². The minimum atomic E-state index is -0.426. The van der Waals surface area contributed by atoms with Crippen LogP contribution >= 0.6 is 0 Å². The number of ether oxygens (including phenoxy) is 2. The molecule has 0 atom stereocenters. The van der Waals surface area contributed by atoms with Crippen molar-refractivity contribution in [1.82, 2.24) is 5.32 Å². The quantitative estimate of drug-likeness (QED) is 0.861. The molecule has 2 rings (SSSR count). The number of hydrogen-bond acceptors (Lipinski definition) is 4. The first-order valence-electron chi connectivity index (χ1n) is 6.73. The number of nitrogens with one attached hydrogen (secondary N) is 1. The number of esters is 1. The Morgan fingerprint density at radius 2 is 1.50 bits per heavy atom. The number of methoxy groups -OCH3 is 2. The van der Waals surface area contributed by atoms with Crippen molar-refractivity contribution in [2.75, 3.05) is 14.2 Å². The Labute approximate surface area is 128 Å². The fourth-order valence-corrected chi connectivity index (χ4v) is 1.90. The molecule has 114 valence electrons. The molecule has 5 nitrogen and oxygen atoms in total. The molecule has 0 heterocycles. The minimum absolute atomic E-state index is 0.202. The monoisotopic (exact) mass is 299 g/mol. The zero-order chi connectivity index (χ0) is 15.9. The second-order valence-electron chi connectivity index (χ2n) is 4.60. The van der Waals surface area contributed by atoms with Gasteiger partial charge in [-0.1, -0.05) is 12.1 Å². The van der Waals surface area contributed by atoms with Crippen LogP contribution in [0, 0.1) is 0 Å². The van der Waals surface area contributed by atoms with E-state index in [-0.39, 0.29) is 5.91 Å². The molecule has 2 aromatic rings. The lowest BCUT2D eigenvalue weighted by Gasteiger charge is -2.07. The van der Waals surface area contributed by atoms with Crippen LogP contribution in [0.1, 0.15) is 26.3 Å². The van der Waals surface area contributed by atoms with Crippen molar-refractivity contribution in [2.24, 2.45) is 0 Å². The van der Waals surface area contributed by atoms with Gasteiger partial charge in [0.15, 0.2) is 0 Å². The summed E-state index contributed by atoms with van der Waals surface area (Å²) in [7, 11) is 2.92. The topological polar surface area (TPSA) is 64.6 Å². The maximum atomic E-state index is 12.0. The Morgan fingerprint density at radius 3 is 2.05 bits per heavy atom. The summed E-state index contributed by atoms with van der Waals surface area (Å²) < 4.78 is 9.69. The molecular weight excluding hydrogens is 282 g/mol. The van der Waals surface area contributed by atoms with Crippen LogP contribution < -0.4 is 10.1 Å². The van der Waals surface area contributed by atoms with Crippen molar-refractivity contribution < 1.29 is 19.1 Å². The highest BCUT2D eigenvalue weighted by atomic mass is 16.5. The van der Waals surface area contributed by atoms with E-state index in [1.54, 1.807) is 31.4 Å².